The zero-order valence-corrected chi connectivity index (χ0v) is 16.6. The number of hydrogen-bond acceptors (Lipinski definition) is 2. The zero-order valence-electron chi connectivity index (χ0n) is 16.6. The van der Waals surface area contributed by atoms with Crippen molar-refractivity contribution in [3.8, 4) is 0 Å². The van der Waals surface area contributed by atoms with Gasteiger partial charge in [-0.25, -0.2) is 0 Å². The van der Waals surface area contributed by atoms with Gasteiger partial charge in [-0.3, -0.25) is 9.18 Å². The maximum absolute atomic E-state index is 13.7. The average Bonchev–Trinajstić information content (AvgIpc) is 3.03. The van der Waals surface area contributed by atoms with E-state index >= 15 is 0 Å². The fourth-order valence-corrected chi connectivity index (χ4v) is 7.73. The minimum Gasteiger partial charge on any atom is -0.353 e. The number of carbonyl (C=O) groups excluding carboxylic acids is 1. The van der Waals surface area contributed by atoms with Gasteiger partial charge in [-0.05, 0) is 86.5 Å². The van der Waals surface area contributed by atoms with Gasteiger partial charge in [-0.2, -0.15) is 0 Å². The molecule has 150 valence electrons. The van der Waals surface area contributed by atoms with Gasteiger partial charge >= 0.3 is 0 Å². The number of benzene rings is 1. The van der Waals surface area contributed by atoms with Gasteiger partial charge in [0.2, 0.25) is 5.91 Å². The highest BCUT2D eigenvalue weighted by molar-refractivity contribution is 5.86. The first-order valence-corrected chi connectivity index (χ1v) is 11.0. The molecule has 4 atom stereocenters. The monoisotopic (exact) mass is 382 g/mol. The molecule has 5 fully saturated rings. The third-order valence-electron chi connectivity index (χ3n) is 8.65. The molecule has 1 amide bonds. The van der Waals surface area contributed by atoms with Gasteiger partial charge in [0, 0.05) is 11.8 Å². The van der Waals surface area contributed by atoms with Crippen LogP contribution in [0.1, 0.15) is 69.8 Å². The van der Waals surface area contributed by atoms with Crippen molar-refractivity contribution in [3.63, 3.8) is 0 Å². The SMILES string of the molecule is N=C1CCC(NC(=O)C23CC4C[C@](c5ccccc5)(C2)C[C@@]3(CCF)C4)CC1. The van der Waals surface area contributed by atoms with Crippen molar-refractivity contribution in [1.82, 2.24) is 5.32 Å². The molecular weight excluding hydrogens is 351 g/mol. The van der Waals surface area contributed by atoms with Crippen LogP contribution in [0.5, 0.6) is 0 Å². The summed E-state index contributed by atoms with van der Waals surface area (Å²) >= 11 is 0. The molecule has 1 aromatic rings. The maximum atomic E-state index is 13.7. The van der Waals surface area contributed by atoms with Gasteiger partial charge < -0.3 is 10.7 Å². The van der Waals surface area contributed by atoms with Gasteiger partial charge in [0.25, 0.3) is 0 Å². The Morgan fingerprint density at radius 2 is 1.86 bits per heavy atom. The van der Waals surface area contributed by atoms with Crippen LogP contribution >= 0.6 is 0 Å². The summed E-state index contributed by atoms with van der Waals surface area (Å²) in [4.78, 5) is 13.7. The Balaban J connectivity index is 1.47. The van der Waals surface area contributed by atoms with Crippen molar-refractivity contribution < 1.29 is 9.18 Å². The quantitative estimate of drug-likeness (QED) is 0.744. The standard InChI is InChI=1S/C24H31FN2O/c25-11-10-23-13-17-12-22(15-23,18-4-2-1-3-5-18)16-24(23,14-17)21(28)27-20-8-6-19(26)7-9-20/h1-5,17,20,26H,6-16H2,(H,27,28)/t17?,20?,22-,23-,24?/m1/s1. The van der Waals surface area contributed by atoms with Crippen LogP contribution in [0.4, 0.5) is 4.39 Å². The molecule has 0 aromatic heterocycles. The molecule has 28 heavy (non-hydrogen) atoms. The van der Waals surface area contributed by atoms with Crippen LogP contribution in [-0.4, -0.2) is 24.3 Å². The van der Waals surface area contributed by atoms with Gasteiger partial charge in [0.1, 0.15) is 0 Å². The molecule has 0 heterocycles. The summed E-state index contributed by atoms with van der Waals surface area (Å²) in [6, 6.07) is 10.9. The van der Waals surface area contributed by atoms with E-state index in [1.54, 1.807) is 0 Å². The number of alkyl halides is 1. The molecule has 1 aromatic carbocycles. The van der Waals surface area contributed by atoms with Gasteiger partial charge in [-0.15, -0.1) is 0 Å². The first-order valence-electron chi connectivity index (χ1n) is 11.0. The van der Waals surface area contributed by atoms with Crippen molar-refractivity contribution in [1.29, 1.82) is 5.41 Å². The highest BCUT2D eigenvalue weighted by atomic mass is 19.1. The van der Waals surface area contributed by atoms with E-state index in [9.17, 15) is 9.18 Å². The zero-order chi connectivity index (χ0) is 19.4. The third-order valence-corrected chi connectivity index (χ3v) is 8.65. The van der Waals surface area contributed by atoms with E-state index < -0.39 is 5.41 Å². The molecule has 5 aliphatic carbocycles. The van der Waals surface area contributed by atoms with Gasteiger partial charge in [-0.1, -0.05) is 30.3 Å². The first-order chi connectivity index (χ1) is 13.5. The van der Waals surface area contributed by atoms with Crippen molar-refractivity contribution in [2.24, 2.45) is 16.7 Å². The number of carbonyl (C=O) groups is 1. The molecule has 0 saturated heterocycles. The number of hydrogen-bond donors (Lipinski definition) is 2. The van der Waals surface area contributed by atoms with Crippen LogP contribution in [0.15, 0.2) is 30.3 Å². The fourth-order valence-electron chi connectivity index (χ4n) is 7.73. The normalized spacial score (nSPS) is 41.4. The Kier molecular flexibility index (Phi) is 4.19. The number of halogens is 1. The molecule has 6 rings (SSSR count). The molecule has 5 aliphatic rings. The summed E-state index contributed by atoms with van der Waals surface area (Å²) < 4.78 is 13.7. The minimum absolute atomic E-state index is 0.0453. The van der Waals surface area contributed by atoms with Crippen LogP contribution < -0.4 is 5.32 Å². The van der Waals surface area contributed by atoms with Crippen LogP contribution in [-0.2, 0) is 10.2 Å². The fraction of sp³-hybridized carbons (Fsp3) is 0.667. The van der Waals surface area contributed by atoms with Crippen molar-refractivity contribution >= 4 is 11.6 Å². The molecule has 5 saturated carbocycles. The topological polar surface area (TPSA) is 53.0 Å². The van der Waals surface area contributed by atoms with Crippen molar-refractivity contribution in [2.75, 3.05) is 6.67 Å². The van der Waals surface area contributed by atoms with E-state index in [4.69, 9.17) is 5.41 Å². The highest BCUT2D eigenvalue weighted by Crippen LogP contribution is 2.77. The maximum Gasteiger partial charge on any atom is 0.227 e. The first kappa shape index (κ1) is 18.3. The van der Waals surface area contributed by atoms with Crippen molar-refractivity contribution in [3.05, 3.63) is 35.9 Å². The number of rotatable bonds is 5. The Hall–Kier alpha value is -1.71. The molecule has 4 heteroatoms. The van der Waals surface area contributed by atoms with E-state index in [0.717, 1.165) is 63.5 Å². The molecule has 2 N–H and O–H groups in total. The summed E-state index contributed by atoms with van der Waals surface area (Å²) in [5.74, 6) is 0.735. The lowest BCUT2D eigenvalue weighted by Gasteiger charge is -2.41. The average molecular weight is 383 g/mol. The molecular formula is C24H31FN2O. The largest absolute Gasteiger partial charge is 0.353 e. The number of amides is 1. The summed E-state index contributed by atoms with van der Waals surface area (Å²) in [6.07, 6.45) is 8.84. The second-order valence-electron chi connectivity index (χ2n) is 10.1. The molecule has 0 radical (unpaired) electrons. The molecule has 0 aliphatic heterocycles. The van der Waals surface area contributed by atoms with Crippen molar-refractivity contribution in [2.45, 2.75) is 75.7 Å². The summed E-state index contributed by atoms with van der Waals surface area (Å²) in [5, 5.41) is 11.2. The summed E-state index contributed by atoms with van der Waals surface area (Å²) in [7, 11) is 0. The van der Waals surface area contributed by atoms with Crippen LogP contribution in [0.2, 0.25) is 0 Å². The Labute approximate surface area is 167 Å². The van der Waals surface area contributed by atoms with Gasteiger partial charge in [0.05, 0.1) is 12.1 Å². The number of nitrogens with one attached hydrogen (secondary N) is 2. The Morgan fingerprint density at radius 1 is 1.11 bits per heavy atom. The lowest BCUT2D eigenvalue weighted by molar-refractivity contribution is -0.137. The minimum atomic E-state index is -0.400. The molecule has 0 spiro atoms. The summed E-state index contributed by atoms with van der Waals surface area (Å²) in [5.41, 5.74) is 1.63. The van der Waals surface area contributed by atoms with E-state index in [2.05, 4.69) is 35.6 Å². The second kappa shape index (κ2) is 6.40. The Bertz CT molecular complexity index is 785. The smallest absolute Gasteiger partial charge is 0.227 e. The summed E-state index contributed by atoms with van der Waals surface area (Å²) in [6.45, 7) is -0.326. The van der Waals surface area contributed by atoms with E-state index in [0.29, 0.717) is 12.3 Å². The van der Waals surface area contributed by atoms with Crippen LogP contribution in [0, 0.1) is 22.2 Å². The third kappa shape index (κ3) is 2.52. The molecule has 2 unspecified atom stereocenters. The van der Waals surface area contributed by atoms with Gasteiger partial charge in [0.15, 0.2) is 0 Å². The lowest BCUT2D eigenvalue weighted by Crippen LogP contribution is -2.51. The molecule has 3 nitrogen and oxygen atoms in total. The van der Waals surface area contributed by atoms with Crippen LogP contribution in [0.3, 0.4) is 0 Å². The van der Waals surface area contributed by atoms with E-state index in [-0.39, 0.29) is 29.5 Å². The van der Waals surface area contributed by atoms with E-state index in [1.165, 1.54) is 5.56 Å². The predicted octanol–water partition coefficient (Wildman–Crippen LogP) is 4.94. The predicted molar refractivity (Wildman–Crippen MR) is 108 cm³/mol. The Morgan fingerprint density at radius 3 is 2.57 bits per heavy atom. The van der Waals surface area contributed by atoms with Crippen LogP contribution in [0.25, 0.3) is 0 Å². The highest BCUT2D eigenvalue weighted by Gasteiger charge is 2.74. The lowest BCUT2D eigenvalue weighted by atomic mass is 9.63. The molecule has 4 bridgehead atoms. The second-order valence-corrected chi connectivity index (χ2v) is 10.1. The van der Waals surface area contributed by atoms with E-state index in [1.807, 2.05) is 0 Å².